The van der Waals surface area contributed by atoms with Crippen molar-refractivity contribution < 1.29 is 38.8 Å². The number of β-lactam (4-membered cyclic amide) rings is 1. The average molecular weight is 650 g/mol. The summed E-state index contributed by atoms with van der Waals surface area (Å²) in [6.45, 7) is 0.262. The first-order valence-corrected chi connectivity index (χ1v) is 15.5. The summed E-state index contributed by atoms with van der Waals surface area (Å²) < 4.78 is 6.21. The highest BCUT2D eigenvalue weighted by Gasteiger charge is 2.54. The first kappa shape index (κ1) is 29.4. The number of pyridine rings is 1. The number of rotatable bonds is 11. The molecule has 0 saturated carbocycles. The molecule has 0 spiro atoms. The number of carboxylic acid groups (broad SMARTS) is 2. The SMILES string of the molecule is CO/N=C(\C(=O)N[C@@H]1C(=O)N2C(C(=O)O)=C(CSc3nc(C[n+]4ccccc4)c(C(=O)O)s3)CSC12)c1nsc(N)n1. The number of aromatic nitrogens is 4. The van der Waals surface area contributed by atoms with E-state index >= 15 is 0 Å². The van der Waals surface area contributed by atoms with Crippen LogP contribution in [0, 0.1) is 0 Å². The van der Waals surface area contributed by atoms with Crippen LogP contribution in [0.1, 0.15) is 21.2 Å². The molecule has 2 aliphatic rings. The van der Waals surface area contributed by atoms with Gasteiger partial charge in [-0.3, -0.25) is 14.5 Å². The van der Waals surface area contributed by atoms with Crippen LogP contribution < -0.4 is 15.6 Å². The first-order valence-electron chi connectivity index (χ1n) is 11.9. The van der Waals surface area contributed by atoms with Crippen molar-refractivity contribution in [2.75, 3.05) is 24.3 Å². The number of nitrogens with zero attached hydrogens (tertiary/aromatic N) is 6. The molecule has 0 radical (unpaired) electrons. The summed E-state index contributed by atoms with van der Waals surface area (Å²) in [6.07, 6.45) is 3.60. The third-order valence-corrected chi connectivity index (χ3v) is 10.1. The zero-order valence-corrected chi connectivity index (χ0v) is 24.8. The number of carbonyl (C=O) groups is 4. The molecule has 2 atom stereocenters. The molecule has 1 unspecified atom stereocenters. The fourth-order valence-corrected chi connectivity index (χ4v) is 8.07. The molecule has 0 aromatic carbocycles. The first-order chi connectivity index (χ1) is 20.2. The summed E-state index contributed by atoms with van der Waals surface area (Å²) in [5, 5.41) is 25.3. The van der Waals surface area contributed by atoms with E-state index < -0.39 is 35.2 Å². The Balaban J connectivity index is 1.30. The van der Waals surface area contributed by atoms with Crippen LogP contribution in [0.2, 0.25) is 0 Å². The highest BCUT2D eigenvalue weighted by atomic mass is 32.2. The van der Waals surface area contributed by atoms with Crippen molar-refractivity contribution >= 4 is 81.0 Å². The Kier molecular flexibility index (Phi) is 8.71. The third kappa shape index (κ3) is 5.94. The third-order valence-electron chi connectivity index (χ3n) is 5.94. The number of anilines is 1. The molecule has 2 aliphatic heterocycles. The second kappa shape index (κ2) is 12.4. The Morgan fingerprint density at radius 3 is 2.64 bits per heavy atom. The maximum Gasteiger partial charge on any atom is 0.352 e. The molecule has 2 amide bonds. The molecule has 3 aromatic heterocycles. The van der Waals surface area contributed by atoms with Gasteiger partial charge in [0, 0.05) is 35.2 Å². The summed E-state index contributed by atoms with van der Waals surface area (Å²) >= 11 is 4.36. The number of oxime groups is 1. The van der Waals surface area contributed by atoms with Gasteiger partial charge in [0.2, 0.25) is 11.5 Å². The van der Waals surface area contributed by atoms with Crippen molar-refractivity contribution in [3.8, 4) is 0 Å². The van der Waals surface area contributed by atoms with Crippen LogP contribution in [0.25, 0.3) is 0 Å². The monoisotopic (exact) mass is 649 g/mol. The van der Waals surface area contributed by atoms with Gasteiger partial charge in [-0.2, -0.15) is 13.9 Å². The lowest BCUT2D eigenvalue weighted by atomic mass is 10.0. The molecule has 42 heavy (non-hydrogen) atoms. The van der Waals surface area contributed by atoms with Crippen LogP contribution in [0.15, 0.2) is 51.4 Å². The number of carbonyl (C=O) groups excluding carboxylic acids is 2. The number of nitrogens with two attached hydrogens (primary N) is 1. The van der Waals surface area contributed by atoms with Crippen LogP contribution in [-0.2, 0) is 25.8 Å². The molecular formula is C23H21N8O7S4+. The maximum atomic E-state index is 13.1. The highest BCUT2D eigenvalue weighted by molar-refractivity contribution is 8.01. The number of carboxylic acids is 2. The number of nitrogen functional groups attached to an aromatic ring is 1. The van der Waals surface area contributed by atoms with Crippen molar-refractivity contribution in [3.63, 3.8) is 0 Å². The van der Waals surface area contributed by atoms with E-state index in [2.05, 4.69) is 24.8 Å². The topological polar surface area (TPSA) is 214 Å². The van der Waals surface area contributed by atoms with Gasteiger partial charge in [-0.15, -0.1) is 23.1 Å². The van der Waals surface area contributed by atoms with Crippen LogP contribution >= 0.6 is 46.4 Å². The summed E-state index contributed by atoms with van der Waals surface area (Å²) in [7, 11) is 1.23. The minimum Gasteiger partial charge on any atom is -0.477 e. The van der Waals surface area contributed by atoms with E-state index in [0.717, 1.165) is 27.8 Å². The fourth-order valence-electron chi connectivity index (χ4n) is 4.14. The number of hydrogen-bond acceptors (Lipinski definition) is 14. The zero-order chi connectivity index (χ0) is 30.0. The second-order valence-electron chi connectivity index (χ2n) is 8.59. The van der Waals surface area contributed by atoms with Gasteiger partial charge in [-0.05, 0) is 5.57 Å². The van der Waals surface area contributed by atoms with Crippen molar-refractivity contribution in [1.29, 1.82) is 0 Å². The number of amides is 2. The fraction of sp³-hybridized carbons (Fsp3) is 0.261. The molecule has 5 N–H and O–H groups in total. The smallest absolute Gasteiger partial charge is 0.352 e. The van der Waals surface area contributed by atoms with Crippen LogP contribution in [-0.4, -0.2) is 89.0 Å². The van der Waals surface area contributed by atoms with E-state index in [1.165, 1.54) is 30.6 Å². The minimum atomic E-state index is -1.29. The molecule has 1 fully saturated rings. The number of fused-ring (bicyclic) bond motifs is 1. The molecule has 3 aromatic rings. The molecule has 0 bridgehead atoms. The molecule has 0 aliphatic carbocycles. The quantitative estimate of drug-likeness (QED) is 0.0733. The van der Waals surface area contributed by atoms with Gasteiger partial charge in [0.05, 0.1) is 0 Å². The average Bonchev–Trinajstić information content (AvgIpc) is 3.59. The van der Waals surface area contributed by atoms with Crippen molar-refractivity contribution in [1.82, 2.24) is 24.6 Å². The van der Waals surface area contributed by atoms with Crippen molar-refractivity contribution in [2.45, 2.75) is 22.3 Å². The number of thioether (sulfide) groups is 2. The number of thiazole rings is 1. The largest absolute Gasteiger partial charge is 0.477 e. The van der Waals surface area contributed by atoms with Gasteiger partial charge >= 0.3 is 11.9 Å². The van der Waals surface area contributed by atoms with Crippen molar-refractivity contribution in [2.24, 2.45) is 5.16 Å². The molecule has 5 heterocycles. The highest BCUT2D eigenvalue weighted by Crippen LogP contribution is 2.42. The molecule has 19 heteroatoms. The Bertz CT molecular complexity index is 1620. The number of aromatic carboxylic acids is 1. The van der Waals surface area contributed by atoms with Gasteiger partial charge in [0.25, 0.3) is 11.8 Å². The lowest BCUT2D eigenvalue weighted by molar-refractivity contribution is -0.688. The predicted octanol–water partition coefficient (Wildman–Crippen LogP) is 0.492. The van der Waals surface area contributed by atoms with Gasteiger partial charge in [0.1, 0.15) is 34.8 Å². The van der Waals surface area contributed by atoms with E-state index in [9.17, 15) is 29.4 Å². The summed E-state index contributed by atoms with van der Waals surface area (Å²) in [4.78, 5) is 64.4. The molecule has 218 valence electrons. The standard InChI is InChI=1S/C23H20N8O7S4/c1-38-28-12(16-27-22(24)42-29-16)17(32)26-13-18(33)31-14(20(34)35)10(8-39-19(13)31)9-40-23-25-11(15(41-23)21(36)37)7-30-5-3-2-4-6-30/h2-6,13,19H,7-9H2,1H3,(H4-,24,26,27,29,32,34,35,36,37)/p+1/b28-12-/t13-,19?/m1/s1. The Labute approximate surface area is 253 Å². The van der Waals surface area contributed by atoms with E-state index in [4.69, 9.17) is 10.6 Å². The molecule has 15 nitrogen and oxygen atoms in total. The number of nitrogens with one attached hydrogen (secondary N) is 1. The lowest BCUT2D eigenvalue weighted by Gasteiger charge is -2.49. The summed E-state index contributed by atoms with van der Waals surface area (Å²) in [6, 6.07) is 4.48. The van der Waals surface area contributed by atoms with Crippen LogP contribution in [0.5, 0.6) is 0 Å². The Morgan fingerprint density at radius 1 is 1.24 bits per heavy atom. The number of aliphatic carboxylic acids is 1. The lowest BCUT2D eigenvalue weighted by Crippen LogP contribution is -2.71. The van der Waals surface area contributed by atoms with E-state index in [0.29, 0.717) is 15.6 Å². The maximum absolute atomic E-state index is 13.1. The van der Waals surface area contributed by atoms with Crippen molar-refractivity contribution in [3.05, 3.63) is 58.3 Å². The summed E-state index contributed by atoms with van der Waals surface area (Å²) in [5.41, 5.74) is 6.01. The van der Waals surface area contributed by atoms with Gasteiger partial charge < -0.3 is 26.1 Å². The normalized spacial score (nSPS) is 18.4. The van der Waals surface area contributed by atoms with Gasteiger partial charge in [-0.1, -0.05) is 23.0 Å². The van der Waals surface area contributed by atoms with E-state index in [1.807, 2.05) is 18.2 Å². The Morgan fingerprint density at radius 2 is 2.00 bits per heavy atom. The van der Waals surface area contributed by atoms with Crippen LogP contribution in [0.3, 0.4) is 0 Å². The van der Waals surface area contributed by atoms with E-state index in [-0.39, 0.29) is 45.3 Å². The molecule has 1 saturated heterocycles. The van der Waals surface area contributed by atoms with Gasteiger partial charge in [0.15, 0.2) is 28.4 Å². The predicted molar refractivity (Wildman–Crippen MR) is 153 cm³/mol. The molecule has 5 rings (SSSR count). The summed E-state index contributed by atoms with van der Waals surface area (Å²) in [5.74, 6) is -3.40. The Hall–Kier alpha value is -4.07. The number of hydrogen-bond donors (Lipinski definition) is 4. The van der Waals surface area contributed by atoms with Gasteiger partial charge in [-0.25, -0.2) is 14.6 Å². The van der Waals surface area contributed by atoms with E-state index in [1.54, 1.807) is 17.0 Å². The van der Waals surface area contributed by atoms with Crippen LogP contribution in [0.4, 0.5) is 5.13 Å². The zero-order valence-electron chi connectivity index (χ0n) is 21.5. The minimum absolute atomic E-state index is 0.0685. The molecular weight excluding hydrogens is 629 g/mol. The second-order valence-corrected chi connectivity index (χ2v) is 12.7.